The van der Waals surface area contributed by atoms with E-state index in [1.807, 2.05) is 48.5 Å². The van der Waals surface area contributed by atoms with Crippen LogP contribution in [-0.4, -0.2) is 32.1 Å². The molecule has 5 rings (SSSR count). The van der Waals surface area contributed by atoms with E-state index in [9.17, 15) is 4.79 Å². The Labute approximate surface area is 167 Å². The van der Waals surface area contributed by atoms with E-state index in [0.29, 0.717) is 12.1 Å². The van der Waals surface area contributed by atoms with Crippen LogP contribution in [0.25, 0.3) is 21.6 Å². The number of hydrogen-bond donors (Lipinski definition) is 0. The number of thiophene rings is 1. The van der Waals surface area contributed by atoms with Crippen LogP contribution in [0.1, 0.15) is 27.2 Å². The molecule has 6 heteroatoms. The lowest BCUT2D eigenvalue weighted by Gasteiger charge is -2.29. The predicted octanol–water partition coefficient (Wildman–Crippen LogP) is 4.20. The van der Waals surface area contributed by atoms with Crippen LogP contribution in [-0.2, 0) is 20.0 Å². The van der Waals surface area contributed by atoms with Crippen molar-refractivity contribution in [3.63, 3.8) is 0 Å². The van der Waals surface area contributed by atoms with Crippen LogP contribution in [0.5, 0.6) is 0 Å². The molecule has 4 aromatic rings. The fraction of sp³-hybridized carbons (Fsp3) is 0.227. The molecule has 1 aliphatic heterocycles. The fourth-order valence-electron chi connectivity index (χ4n) is 4.00. The Kier molecular flexibility index (Phi) is 4.02. The third-order valence-corrected chi connectivity index (χ3v) is 6.28. The molecule has 0 aliphatic carbocycles. The Bertz CT molecular complexity index is 1190. The third-order valence-electron chi connectivity index (χ3n) is 5.39. The van der Waals surface area contributed by atoms with Gasteiger partial charge in [-0.1, -0.05) is 30.3 Å². The molecule has 28 heavy (non-hydrogen) atoms. The molecule has 0 bridgehead atoms. The highest BCUT2D eigenvalue weighted by Crippen LogP contribution is 2.31. The highest BCUT2D eigenvalue weighted by Gasteiger charge is 2.26. The number of carbonyl (C=O) groups excluding carboxylic acids is 1. The average Bonchev–Trinajstić information content (AvgIpc) is 3.35. The molecular weight excluding hydrogens is 368 g/mol. The largest absolute Gasteiger partial charge is 0.334 e. The number of aromatic nitrogens is 3. The van der Waals surface area contributed by atoms with E-state index in [2.05, 4.69) is 23.3 Å². The van der Waals surface area contributed by atoms with Crippen LogP contribution in [0, 0.1) is 6.92 Å². The van der Waals surface area contributed by atoms with Gasteiger partial charge in [-0.3, -0.25) is 9.48 Å². The number of fused-ring (bicyclic) bond motifs is 2. The van der Waals surface area contributed by atoms with Gasteiger partial charge in [0.1, 0.15) is 0 Å². The zero-order valence-electron chi connectivity index (χ0n) is 15.8. The molecule has 0 N–H and O–H groups in total. The number of nitrogens with zero attached hydrogens (tertiary/aromatic N) is 4. The maximum Gasteiger partial charge on any atom is 0.255 e. The Morgan fingerprint density at radius 3 is 2.75 bits per heavy atom. The second-order valence-corrected chi connectivity index (χ2v) is 8.13. The minimum absolute atomic E-state index is 0.0517. The van der Waals surface area contributed by atoms with E-state index in [1.54, 1.807) is 16.0 Å². The van der Waals surface area contributed by atoms with Gasteiger partial charge >= 0.3 is 0 Å². The molecule has 0 atom stereocenters. The van der Waals surface area contributed by atoms with E-state index in [-0.39, 0.29) is 5.91 Å². The van der Waals surface area contributed by atoms with Crippen molar-refractivity contribution < 1.29 is 4.79 Å². The van der Waals surface area contributed by atoms with Crippen LogP contribution in [0.15, 0.2) is 47.8 Å². The van der Waals surface area contributed by atoms with Crippen molar-refractivity contribution in [1.29, 1.82) is 0 Å². The molecule has 0 saturated heterocycles. The van der Waals surface area contributed by atoms with E-state index in [4.69, 9.17) is 4.98 Å². The number of rotatable bonds is 2. The molecule has 1 aromatic carbocycles. The molecule has 140 valence electrons. The van der Waals surface area contributed by atoms with Gasteiger partial charge in [0, 0.05) is 20.1 Å². The predicted molar refractivity (Wildman–Crippen MR) is 111 cm³/mol. The van der Waals surface area contributed by atoms with Crippen molar-refractivity contribution in [3.05, 3.63) is 70.2 Å². The SMILES string of the molecule is Cc1nn(C)c2nc(-c3cccs3)cc(C(=O)N3CCc4ccccc4C3)c12. The second-order valence-electron chi connectivity index (χ2n) is 7.19. The Balaban J connectivity index is 1.62. The summed E-state index contributed by atoms with van der Waals surface area (Å²) in [4.78, 5) is 21.4. The number of benzene rings is 1. The van der Waals surface area contributed by atoms with E-state index in [1.165, 1.54) is 11.1 Å². The quantitative estimate of drug-likeness (QED) is 0.517. The lowest BCUT2D eigenvalue weighted by molar-refractivity contribution is 0.0736. The van der Waals surface area contributed by atoms with Crippen molar-refractivity contribution in [1.82, 2.24) is 19.7 Å². The highest BCUT2D eigenvalue weighted by atomic mass is 32.1. The lowest BCUT2D eigenvalue weighted by Crippen LogP contribution is -2.36. The monoisotopic (exact) mass is 388 g/mol. The molecule has 1 aliphatic rings. The summed E-state index contributed by atoms with van der Waals surface area (Å²) < 4.78 is 1.77. The van der Waals surface area contributed by atoms with Crippen molar-refractivity contribution in [2.75, 3.05) is 6.54 Å². The summed E-state index contributed by atoms with van der Waals surface area (Å²) >= 11 is 1.63. The number of hydrogen-bond acceptors (Lipinski definition) is 4. The van der Waals surface area contributed by atoms with Crippen LogP contribution in [0.2, 0.25) is 0 Å². The first-order valence-corrected chi connectivity index (χ1v) is 10.2. The smallest absolute Gasteiger partial charge is 0.255 e. The maximum atomic E-state index is 13.6. The van der Waals surface area contributed by atoms with Crippen molar-refractivity contribution in [2.45, 2.75) is 19.9 Å². The molecule has 0 unspecified atom stereocenters. The summed E-state index contributed by atoms with van der Waals surface area (Å²) in [5, 5.41) is 7.40. The fourth-order valence-corrected chi connectivity index (χ4v) is 4.69. The van der Waals surface area contributed by atoms with E-state index < -0.39 is 0 Å². The minimum atomic E-state index is 0.0517. The molecule has 0 radical (unpaired) electrons. The van der Waals surface area contributed by atoms with Gasteiger partial charge in [-0.25, -0.2) is 4.98 Å². The summed E-state index contributed by atoms with van der Waals surface area (Å²) in [7, 11) is 1.88. The van der Waals surface area contributed by atoms with E-state index in [0.717, 1.165) is 40.3 Å². The van der Waals surface area contributed by atoms with Gasteiger partial charge in [0.05, 0.1) is 27.2 Å². The summed E-state index contributed by atoms with van der Waals surface area (Å²) in [6.45, 7) is 3.32. The van der Waals surface area contributed by atoms with Gasteiger partial charge in [0.2, 0.25) is 0 Å². The van der Waals surface area contributed by atoms with Crippen LogP contribution < -0.4 is 0 Å². The number of pyridine rings is 1. The highest BCUT2D eigenvalue weighted by molar-refractivity contribution is 7.13. The molecule has 0 spiro atoms. The summed E-state index contributed by atoms with van der Waals surface area (Å²) in [5.41, 5.74) is 5.68. The van der Waals surface area contributed by atoms with Gasteiger partial charge < -0.3 is 4.90 Å². The minimum Gasteiger partial charge on any atom is -0.334 e. The molecule has 1 amide bonds. The Hall–Kier alpha value is -2.99. The number of aryl methyl sites for hydroxylation is 2. The summed E-state index contributed by atoms with van der Waals surface area (Å²) in [5.74, 6) is 0.0517. The van der Waals surface area contributed by atoms with E-state index >= 15 is 0 Å². The number of amides is 1. The molecule has 4 heterocycles. The summed E-state index contributed by atoms with van der Waals surface area (Å²) in [6, 6.07) is 14.3. The first-order valence-electron chi connectivity index (χ1n) is 9.36. The van der Waals surface area contributed by atoms with Crippen LogP contribution >= 0.6 is 11.3 Å². The molecule has 5 nitrogen and oxygen atoms in total. The van der Waals surface area contributed by atoms with Gasteiger partial charge in [-0.15, -0.1) is 11.3 Å². The molecular formula is C22H20N4OS. The molecule has 0 saturated carbocycles. The summed E-state index contributed by atoms with van der Waals surface area (Å²) in [6.07, 6.45) is 0.889. The standard InChI is InChI=1S/C22H20N4OS/c1-14-20-17(22(27)26-10-9-15-6-3-4-7-16(15)13-26)12-18(19-8-5-11-28-19)23-21(20)25(2)24-14/h3-8,11-12H,9-10,13H2,1-2H3. The van der Waals surface area contributed by atoms with Gasteiger partial charge in [-0.05, 0) is 42.0 Å². The van der Waals surface area contributed by atoms with Crippen LogP contribution in [0.3, 0.4) is 0 Å². The molecule has 3 aromatic heterocycles. The first kappa shape index (κ1) is 17.1. The van der Waals surface area contributed by atoms with Gasteiger partial charge in [0.25, 0.3) is 5.91 Å². The topological polar surface area (TPSA) is 51.0 Å². The first-order chi connectivity index (χ1) is 13.6. The maximum absolute atomic E-state index is 13.6. The van der Waals surface area contributed by atoms with Crippen LogP contribution in [0.4, 0.5) is 0 Å². The van der Waals surface area contributed by atoms with Crippen molar-refractivity contribution in [2.24, 2.45) is 7.05 Å². The van der Waals surface area contributed by atoms with Crippen molar-refractivity contribution >= 4 is 28.3 Å². The third kappa shape index (κ3) is 2.72. The van der Waals surface area contributed by atoms with Gasteiger partial charge in [0.15, 0.2) is 5.65 Å². The second kappa shape index (κ2) is 6.56. The van der Waals surface area contributed by atoms with Crippen molar-refractivity contribution in [3.8, 4) is 10.6 Å². The Morgan fingerprint density at radius 1 is 1.14 bits per heavy atom. The Morgan fingerprint density at radius 2 is 1.96 bits per heavy atom. The zero-order chi connectivity index (χ0) is 19.3. The average molecular weight is 388 g/mol. The lowest BCUT2D eigenvalue weighted by atomic mass is 9.98. The zero-order valence-corrected chi connectivity index (χ0v) is 16.7. The van der Waals surface area contributed by atoms with Gasteiger partial charge in [-0.2, -0.15) is 5.10 Å². The normalized spacial score (nSPS) is 13.7. The molecule has 0 fully saturated rings. The number of carbonyl (C=O) groups is 1.